The topological polar surface area (TPSA) is 29.5 Å². The summed E-state index contributed by atoms with van der Waals surface area (Å²) in [5, 5.41) is 1.98. The van der Waals surface area contributed by atoms with Crippen molar-refractivity contribution < 1.29 is 9.63 Å². The number of fused-ring (bicyclic) bond motifs is 2. The van der Waals surface area contributed by atoms with E-state index in [9.17, 15) is 4.79 Å². The van der Waals surface area contributed by atoms with E-state index in [4.69, 9.17) is 4.84 Å². The van der Waals surface area contributed by atoms with E-state index in [2.05, 4.69) is 6.92 Å². The molecule has 2 saturated heterocycles. The van der Waals surface area contributed by atoms with Crippen molar-refractivity contribution in [2.45, 2.75) is 38.3 Å². The first kappa shape index (κ1) is 7.25. The molecule has 0 aromatic heterocycles. The molecular weight excluding hydrogens is 142 g/mol. The third kappa shape index (κ3) is 1.08. The van der Waals surface area contributed by atoms with Gasteiger partial charge in [0.05, 0.1) is 0 Å². The first-order valence-electron chi connectivity index (χ1n) is 4.27. The number of hydrogen-bond donors (Lipinski definition) is 0. The fourth-order valence-corrected chi connectivity index (χ4v) is 1.83. The van der Waals surface area contributed by atoms with Crippen LogP contribution in [-0.4, -0.2) is 29.5 Å². The van der Waals surface area contributed by atoms with Crippen LogP contribution in [0.2, 0.25) is 0 Å². The van der Waals surface area contributed by atoms with Gasteiger partial charge >= 0.3 is 0 Å². The van der Waals surface area contributed by atoms with Crippen LogP contribution in [0, 0.1) is 0 Å². The molecule has 3 heteroatoms. The van der Waals surface area contributed by atoms with E-state index in [-0.39, 0.29) is 11.9 Å². The summed E-state index contributed by atoms with van der Waals surface area (Å²) in [6.45, 7) is 2.94. The van der Waals surface area contributed by atoms with Crippen LogP contribution in [0.3, 0.4) is 0 Å². The highest BCUT2D eigenvalue weighted by Crippen LogP contribution is 2.28. The fraction of sp³-hybridized carbons (Fsp3) is 0.875. The minimum absolute atomic E-state index is 0.103. The maximum atomic E-state index is 11.2. The number of carbonyl (C=O) groups excluding carboxylic acids is 1. The third-order valence-corrected chi connectivity index (χ3v) is 2.57. The Morgan fingerprint density at radius 3 is 3.18 bits per heavy atom. The summed E-state index contributed by atoms with van der Waals surface area (Å²) < 4.78 is 0. The average Bonchev–Trinajstić information content (AvgIpc) is 2.37. The van der Waals surface area contributed by atoms with Gasteiger partial charge in [0, 0.05) is 25.4 Å². The largest absolute Gasteiger partial charge is 0.297 e. The minimum Gasteiger partial charge on any atom is -0.297 e. The monoisotopic (exact) mass is 155 g/mol. The molecule has 0 N–H and O–H groups in total. The minimum atomic E-state index is -0.103. The Bertz CT molecular complexity index is 181. The van der Waals surface area contributed by atoms with Gasteiger partial charge in [-0.3, -0.25) is 9.63 Å². The van der Waals surface area contributed by atoms with Gasteiger partial charge in [0.15, 0.2) is 5.78 Å². The van der Waals surface area contributed by atoms with Crippen LogP contribution in [0.1, 0.15) is 26.2 Å². The average molecular weight is 155 g/mol. The zero-order valence-corrected chi connectivity index (χ0v) is 6.75. The molecule has 62 valence electrons. The number of carbonyl (C=O) groups is 1. The summed E-state index contributed by atoms with van der Waals surface area (Å²) in [6, 6.07) is 0.492. The molecule has 3 nitrogen and oxygen atoms in total. The summed E-state index contributed by atoms with van der Waals surface area (Å²) in [6.07, 6.45) is 2.58. The summed E-state index contributed by atoms with van der Waals surface area (Å²) in [5.41, 5.74) is 0. The molecule has 2 bridgehead atoms. The highest BCUT2D eigenvalue weighted by atomic mass is 16.7. The highest BCUT2D eigenvalue weighted by Gasteiger charge is 2.40. The zero-order valence-electron chi connectivity index (χ0n) is 6.75. The molecule has 0 amide bonds. The van der Waals surface area contributed by atoms with E-state index in [1.54, 1.807) is 0 Å². The Kier molecular flexibility index (Phi) is 1.69. The smallest absolute Gasteiger partial charge is 0.165 e. The molecule has 0 aromatic rings. The van der Waals surface area contributed by atoms with Crippen molar-refractivity contribution in [1.82, 2.24) is 5.06 Å². The Morgan fingerprint density at radius 2 is 2.55 bits per heavy atom. The maximum absolute atomic E-state index is 11.2. The highest BCUT2D eigenvalue weighted by molar-refractivity contribution is 5.84. The van der Waals surface area contributed by atoms with Gasteiger partial charge in [-0.15, -0.1) is 0 Å². The normalized spacial score (nSPS) is 43.0. The van der Waals surface area contributed by atoms with Crippen molar-refractivity contribution in [3.05, 3.63) is 0 Å². The first-order valence-corrected chi connectivity index (χ1v) is 4.27. The number of ketones is 1. The lowest BCUT2D eigenvalue weighted by molar-refractivity contribution is -0.189. The second-order valence-electron chi connectivity index (χ2n) is 3.25. The van der Waals surface area contributed by atoms with Crippen LogP contribution in [0.4, 0.5) is 0 Å². The van der Waals surface area contributed by atoms with Crippen molar-refractivity contribution >= 4 is 5.78 Å². The first-order chi connectivity index (χ1) is 5.31. The number of hydrogen-bond acceptors (Lipinski definition) is 3. The van der Waals surface area contributed by atoms with Crippen LogP contribution in [-0.2, 0) is 9.63 Å². The van der Waals surface area contributed by atoms with E-state index < -0.39 is 0 Å². The number of hydroxylamine groups is 2. The van der Waals surface area contributed by atoms with Gasteiger partial charge in [-0.2, -0.15) is 5.06 Å². The Hall–Kier alpha value is -0.410. The van der Waals surface area contributed by atoms with Crippen LogP contribution in [0.25, 0.3) is 0 Å². The van der Waals surface area contributed by atoms with E-state index in [1.165, 1.54) is 0 Å². The number of Topliss-reactive ketones (excluding diaryl/α,β-unsaturated/α-hetero) is 1. The van der Waals surface area contributed by atoms with Crippen molar-refractivity contribution in [1.29, 1.82) is 0 Å². The molecule has 2 aliphatic heterocycles. The Labute approximate surface area is 66.3 Å². The molecule has 3 atom stereocenters. The molecule has 0 aliphatic carbocycles. The van der Waals surface area contributed by atoms with Gasteiger partial charge in [-0.25, -0.2) is 0 Å². The van der Waals surface area contributed by atoms with Gasteiger partial charge in [0.2, 0.25) is 0 Å². The molecule has 0 radical (unpaired) electrons. The molecule has 2 heterocycles. The summed E-state index contributed by atoms with van der Waals surface area (Å²) in [4.78, 5) is 16.6. The third-order valence-electron chi connectivity index (χ3n) is 2.57. The SMILES string of the molecule is CCC1CC2ON1CCC2=O. The molecule has 2 aliphatic rings. The van der Waals surface area contributed by atoms with E-state index in [1.807, 2.05) is 5.06 Å². The van der Waals surface area contributed by atoms with Gasteiger partial charge < -0.3 is 0 Å². The standard InChI is InChI=1S/C8H13NO2/c1-2-6-5-8-7(10)3-4-9(6)11-8/h6,8H,2-5H2,1H3. The zero-order chi connectivity index (χ0) is 7.84. The molecule has 0 spiro atoms. The molecule has 11 heavy (non-hydrogen) atoms. The lowest BCUT2D eigenvalue weighted by Gasteiger charge is -2.23. The molecule has 2 fully saturated rings. The summed E-state index contributed by atoms with van der Waals surface area (Å²) in [7, 11) is 0. The quantitative estimate of drug-likeness (QED) is 0.559. The van der Waals surface area contributed by atoms with Crippen LogP contribution < -0.4 is 0 Å². The molecule has 2 rings (SSSR count). The van der Waals surface area contributed by atoms with Crippen LogP contribution in [0.5, 0.6) is 0 Å². The maximum Gasteiger partial charge on any atom is 0.165 e. The lowest BCUT2D eigenvalue weighted by atomic mass is 10.1. The van der Waals surface area contributed by atoms with E-state index in [0.29, 0.717) is 12.5 Å². The number of rotatable bonds is 1. The molecule has 3 unspecified atom stereocenters. The van der Waals surface area contributed by atoms with Gasteiger partial charge in [0.25, 0.3) is 0 Å². The van der Waals surface area contributed by atoms with Crippen LogP contribution >= 0.6 is 0 Å². The lowest BCUT2D eigenvalue weighted by Crippen LogP contribution is -2.35. The summed E-state index contributed by atoms with van der Waals surface area (Å²) in [5.74, 6) is 0.289. The Balaban J connectivity index is 2.09. The van der Waals surface area contributed by atoms with Crippen molar-refractivity contribution in [3.63, 3.8) is 0 Å². The van der Waals surface area contributed by atoms with Crippen molar-refractivity contribution in [2.75, 3.05) is 6.54 Å². The molecule has 0 aromatic carbocycles. The van der Waals surface area contributed by atoms with E-state index in [0.717, 1.165) is 19.4 Å². The predicted molar refractivity (Wildman–Crippen MR) is 39.9 cm³/mol. The van der Waals surface area contributed by atoms with Gasteiger partial charge in [0.1, 0.15) is 6.10 Å². The van der Waals surface area contributed by atoms with Crippen molar-refractivity contribution in [3.8, 4) is 0 Å². The summed E-state index contributed by atoms with van der Waals surface area (Å²) >= 11 is 0. The van der Waals surface area contributed by atoms with Gasteiger partial charge in [-0.05, 0) is 6.42 Å². The van der Waals surface area contributed by atoms with Crippen LogP contribution in [0.15, 0.2) is 0 Å². The predicted octanol–water partition coefficient (Wildman–Crippen LogP) is 0.744. The van der Waals surface area contributed by atoms with Crippen molar-refractivity contribution in [2.24, 2.45) is 0 Å². The second kappa shape index (κ2) is 2.57. The fourth-order valence-electron chi connectivity index (χ4n) is 1.83. The second-order valence-corrected chi connectivity index (χ2v) is 3.25. The Morgan fingerprint density at radius 1 is 1.73 bits per heavy atom. The number of nitrogens with zero attached hydrogens (tertiary/aromatic N) is 1. The molecule has 0 saturated carbocycles. The van der Waals surface area contributed by atoms with Gasteiger partial charge in [-0.1, -0.05) is 6.92 Å². The molecular formula is C8H13NO2. The van der Waals surface area contributed by atoms with E-state index >= 15 is 0 Å².